The lowest BCUT2D eigenvalue weighted by Gasteiger charge is -2.40. The average molecular weight is 543 g/mol. The van der Waals surface area contributed by atoms with Gasteiger partial charge in [-0.1, -0.05) is 12.5 Å². The molecule has 40 heavy (non-hydrogen) atoms. The summed E-state index contributed by atoms with van der Waals surface area (Å²) in [6, 6.07) is 13.9. The van der Waals surface area contributed by atoms with Crippen LogP contribution in [0.4, 0.5) is 0 Å². The highest BCUT2D eigenvalue weighted by molar-refractivity contribution is 6.05. The molecule has 7 nitrogen and oxygen atoms in total. The molecule has 0 saturated carbocycles. The van der Waals surface area contributed by atoms with Crippen LogP contribution in [0, 0.1) is 6.92 Å². The van der Waals surface area contributed by atoms with Gasteiger partial charge in [-0.05, 0) is 97.3 Å². The number of nitrogens with zero attached hydrogens (tertiary/aromatic N) is 1. The number of piperidine rings is 1. The third kappa shape index (κ3) is 5.16. The van der Waals surface area contributed by atoms with Gasteiger partial charge < -0.3 is 24.3 Å². The van der Waals surface area contributed by atoms with Gasteiger partial charge in [0.15, 0.2) is 0 Å². The van der Waals surface area contributed by atoms with Crippen molar-refractivity contribution in [3.05, 3.63) is 70.9 Å². The van der Waals surface area contributed by atoms with Crippen LogP contribution < -0.4 is 9.47 Å². The molecule has 2 N–H and O–H groups in total. The maximum absolute atomic E-state index is 12.2. The highest BCUT2D eigenvalue weighted by atomic mass is 16.5. The summed E-state index contributed by atoms with van der Waals surface area (Å²) in [6.45, 7) is 5.11. The molecule has 2 atom stereocenters. The zero-order chi connectivity index (χ0) is 27.6. The standard InChI is InChI=1S/C33H38N2O5/c1-21-17-31(38-2)29(26-11-13-34-32(21)26)20-35-14-12-23-19-30(35)25-9-10-27(33(36)37)24-8-7-22(18-28(24)25)39-15-5-3-4-6-16-40-23/h7-11,13,17-18,23,30,34H,3-6,12,14-16,19-20H2,1-2H3,(H,36,37)/t23-,30-/m1/s1. The van der Waals surface area contributed by atoms with E-state index in [1.54, 1.807) is 13.2 Å². The molecular weight excluding hydrogens is 504 g/mol. The number of aromatic nitrogens is 1. The first kappa shape index (κ1) is 26.7. The molecule has 0 amide bonds. The zero-order valence-corrected chi connectivity index (χ0v) is 23.4. The number of carboxylic acids is 1. The molecule has 210 valence electrons. The zero-order valence-electron chi connectivity index (χ0n) is 23.4. The number of hydrogen-bond acceptors (Lipinski definition) is 5. The number of rotatable bonds is 4. The van der Waals surface area contributed by atoms with E-state index in [0.29, 0.717) is 18.7 Å². The highest BCUT2D eigenvalue weighted by Crippen LogP contribution is 2.41. The monoisotopic (exact) mass is 542 g/mol. The van der Waals surface area contributed by atoms with Crippen molar-refractivity contribution in [1.82, 2.24) is 9.88 Å². The molecule has 2 aliphatic heterocycles. The van der Waals surface area contributed by atoms with Gasteiger partial charge in [-0.3, -0.25) is 4.90 Å². The van der Waals surface area contributed by atoms with E-state index in [2.05, 4.69) is 28.9 Å². The molecule has 0 unspecified atom stereocenters. The lowest BCUT2D eigenvalue weighted by molar-refractivity contribution is -0.0199. The van der Waals surface area contributed by atoms with Gasteiger partial charge in [0.25, 0.3) is 0 Å². The Balaban J connectivity index is 1.46. The Morgan fingerprint density at radius 3 is 2.73 bits per heavy atom. The number of aryl methyl sites for hydroxylation is 1. The Morgan fingerprint density at radius 2 is 1.90 bits per heavy atom. The summed E-state index contributed by atoms with van der Waals surface area (Å²) in [6.07, 6.45) is 8.24. The van der Waals surface area contributed by atoms with Gasteiger partial charge in [-0.2, -0.15) is 0 Å². The second kappa shape index (κ2) is 11.5. The minimum absolute atomic E-state index is 0.0458. The number of likely N-dealkylation sites (tertiary alicyclic amines) is 1. The number of nitrogens with one attached hydrogen (secondary N) is 1. The topological polar surface area (TPSA) is 84.0 Å². The molecule has 0 spiro atoms. The van der Waals surface area contributed by atoms with E-state index in [9.17, 15) is 9.90 Å². The maximum atomic E-state index is 12.2. The van der Waals surface area contributed by atoms with Crippen LogP contribution in [0.5, 0.6) is 11.5 Å². The largest absolute Gasteiger partial charge is 0.496 e. The van der Waals surface area contributed by atoms with Crippen molar-refractivity contribution in [1.29, 1.82) is 0 Å². The van der Waals surface area contributed by atoms with E-state index in [1.807, 2.05) is 30.5 Å². The molecule has 3 heterocycles. The minimum Gasteiger partial charge on any atom is -0.496 e. The molecule has 1 aromatic heterocycles. The lowest BCUT2D eigenvalue weighted by Crippen LogP contribution is -2.39. The Hall–Kier alpha value is -3.55. The van der Waals surface area contributed by atoms with Crippen LogP contribution in [-0.4, -0.2) is 53.9 Å². The first-order valence-electron chi connectivity index (χ1n) is 14.5. The van der Waals surface area contributed by atoms with Crippen LogP contribution in [0.15, 0.2) is 48.7 Å². The van der Waals surface area contributed by atoms with Gasteiger partial charge in [0.05, 0.1) is 25.4 Å². The van der Waals surface area contributed by atoms with Crippen molar-refractivity contribution in [2.45, 2.75) is 64.1 Å². The first-order valence-corrected chi connectivity index (χ1v) is 14.5. The summed E-state index contributed by atoms with van der Waals surface area (Å²) < 4.78 is 18.5. The van der Waals surface area contributed by atoms with Gasteiger partial charge in [0.1, 0.15) is 11.5 Å². The molecule has 6 rings (SSSR count). The quantitative estimate of drug-likeness (QED) is 0.289. The molecule has 7 heteroatoms. The van der Waals surface area contributed by atoms with E-state index >= 15 is 0 Å². The molecule has 4 bridgehead atoms. The summed E-state index contributed by atoms with van der Waals surface area (Å²) in [5.74, 6) is 0.759. The van der Waals surface area contributed by atoms with Crippen molar-refractivity contribution in [2.24, 2.45) is 0 Å². The Bertz CT molecular complexity index is 1530. The number of carboxylic acid groups (broad SMARTS) is 1. The van der Waals surface area contributed by atoms with Gasteiger partial charge in [0, 0.05) is 48.4 Å². The molecule has 2 aliphatic rings. The van der Waals surface area contributed by atoms with E-state index in [0.717, 1.165) is 96.2 Å². The third-order valence-corrected chi connectivity index (χ3v) is 8.63. The normalized spacial score (nSPS) is 20.6. The molecule has 3 aromatic carbocycles. The van der Waals surface area contributed by atoms with E-state index in [-0.39, 0.29) is 12.1 Å². The van der Waals surface area contributed by atoms with E-state index in [1.165, 1.54) is 5.39 Å². The number of carbonyl (C=O) groups is 1. The predicted molar refractivity (Wildman–Crippen MR) is 157 cm³/mol. The second-order valence-electron chi connectivity index (χ2n) is 11.1. The molecule has 0 radical (unpaired) electrons. The Labute approximate surface area is 235 Å². The number of fused-ring (bicyclic) bond motifs is 5. The van der Waals surface area contributed by atoms with Crippen LogP contribution in [-0.2, 0) is 11.3 Å². The van der Waals surface area contributed by atoms with Gasteiger partial charge >= 0.3 is 5.97 Å². The van der Waals surface area contributed by atoms with Crippen molar-refractivity contribution >= 4 is 27.6 Å². The first-order chi connectivity index (χ1) is 19.5. The summed E-state index contributed by atoms with van der Waals surface area (Å²) in [5, 5.41) is 12.8. The highest BCUT2D eigenvalue weighted by Gasteiger charge is 2.33. The molecule has 4 aromatic rings. The second-order valence-corrected chi connectivity index (χ2v) is 11.1. The maximum Gasteiger partial charge on any atom is 0.336 e. The number of aromatic carboxylic acids is 1. The van der Waals surface area contributed by atoms with Crippen LogP contribution in [0.25, 0.3) is 21.7 Å². The number of hydrogen-bond donors (Lipinski definition) is 2. The Kier molecular flexibility index (Phi) is 7.67. The molecule has 1 saturated heterocycles. The van der Waals surface area contributed by atoms with Crippen LogP contribution in [0.1, 0.15) is 71.6 Å². The summed E-state index contributed by atoms with van der Waals surface area (Å²) >= 11 is 0. The van der Waals surface area contributed by atoms with Crippen molar-refractivity contribution < 1.29 is 24.1 Å². The van der Waals surface area contributed by atoms with Crippen molar-refractivity contribution in [3.63, 3.8) is 0 Å². The average Bonchev–Trinajstić information content (AvgIpc) is 3.46. The number of aromatic amines is 1. The number of ether oxygens (including phenoxy) is 3. The SMILES string of the molecule is COc1cc(C)c2[nH]ccc2c1CN1CC[C@@H]2C[C@@H]1c1ccc(C(=O)O)c3ccc(cc13)OCCCCCCO2. The van der Waals surface area contributed by atoms with E-state index < -0.39 is 5.97 Å². The summed E-state index contributed by atoms with van der Waals surface area (Å²) in [4.78, 5) is 18.1. The van der Waals surface area contributed by atoms with Gasteiger partial charge in [-0.15, -0.1) is 0 Å². The van der Waals surface area contributed by atoms with Gasteiger partial charge in [0.2, 0.25) is 0 Å². The van der Waals surface area contributed by atoms with E-state index in [4.69, 9.17) is 14.2 Å². The Morgan fingerprint density at radius 1 is 1.05 bits per heavy atom. The summed E-state index contributed by atoms with van der Waals surface area (Å²) in [5.41, 5.74) is 4.88. The predicted octanol–water partition coefficient (Wildman–Crippen LogP) is 7.01. The summed E-state index contributed by atoms with van der Waals surface area (Å²) in [7, 11) is 1.74. The van der Waals surface area contributed by atoms with Crippen LogP contribution in [0.3, 0.4) is 0 Å². The van der Waals surface area contributed by atoms with Gasteiger partial charge in [-0.25, -0.2) is 4.79 Å². The number of methoxy groups -OCH3 is 1. The smallest absolute Gasteiger partial charge is 0.336 e. The third-order valence-electron chi connectivity index (χ3n) is 8.63. The number of H-pyrrole nitrogens is 1. The van der Waals surface area contributed by atoms with Crippen LogP contribution in [0.2, 0.25) is 0 Å². The minimum atomic E-state index is -0.919. The number of benzene rings is 3. The lowest BCUT2D eigenvalue weighted by atomic mass is 9.88. The van der Waals surface area contributed by atoms with Crippen molar-refractivity contribution in [3.8, 4) is 11.5 Å². The fourth-order valence-corrected chi connectivity index (χ4v) is 6.54. The molecule has 0 aliphatic carbocycles. The fourth-order valence-electron chi connectivity index (χ4n) is 6.54. The fraction of sp³-hybridized carbons (Fsp3) is 0.424. The van der Waals surface area contributed by atoms with Crippen LogP contribution >= 0.6 is 0 Å². The van der Waals surface area contributed by atoms with Crippen molar-refractivity contribution in [2.75, 3.05) is 26.9 Å². The molecular formula is C33H38N2O5. The molecule has 1 fully saturated rings.